The topological polar surface area (TPSA) is 35.8 Å². The molecule has 0 radical (unpaired) electrons. The Hall–Kier alpha value is -1.12. The summed E-state index contributed by atoms with van der Waals surface area (Å²) < 4.78 is 26.0. The van der Waals surface area contributed by atoms with Gasteiger partial charge in [-0.2, -0.15) is 5.26 Å². The van der Waals surface area contributed by atoms with Crippen LogP contribution in [-0.2, 0) is 0 Å². The van der Waals surface area contributed by atoms with Gasteiger partial charge in [-0.1, -0.05) is 6.92 Å². The minimum absolute atomic E-state index is 0.135. The largest absolute Gasteiger partial charge is 0.297 e. The molecule has 108 valence electrons. The first kappa shape index (κ1) is 15.3. The smallest absolute Gasteiger partial charge is 0.159 e. The third kappa shape index (κ3) is 4.19. The molecule has 2 nitrogen and oxygen atoms in total. The van der Waals surface area contributed by atoms with Crippen LogP contribution in [0, 0.1) is 23.0 Å². The second-order valence-electron chi connectivity index (χ2n) is 5.57. The minimum atomic E-state index is -0.834. The maximum absolute atomic E-state index is 13.2. The van der Waals surface area contributed by atoms with E-state index in [9.17, 15) is 14.0 Å². The average molecular weight is 296 g/mol. The molecule has 0 saturated heterocycles. The summed E-state index contributed by atoms with van der Waals surface area (Å²) in [6.07, 6.45) is 2.91. The number of nitrogens with one attached hydrogen (secondary N) is 1. The van der Waals surface area contributed by atoms with Gasteiger partial charge in [0.25, 0.3) is 0 Å². The Balaban J connectivity index is 1.95. The zero-order valence-electron chi connectivity index (χ0n) is 11.6. The van der Waals surface area contributed by atoms with Gasteiger partial charge in [-0.05, 0) is 44.4 Å². The maximum Gasteiger partial charge on any atom is 0.159 e. The van der Waals surface area contributed by atoms with Crippen LogP contribution in [0.3, 0.4) is 0 Å². The number of rotatable bonds is 6. The van der Waals surface area contributed by atoms with Gasteiger partial charge >= 0.3 is 0 Å². The third-order valence-corrected chi connectivity index (χ3v) is 4.37. The molecule has 1 aliphatic rings. The van der Waals surface area contributed by atoms with Crippen molar-refractivity contribution in [1.82, 2.24) is 5.32 Å². The molecule has 1 aromatic carbocycles. The van der Waals surface area contributed by atoms with Crippen molar-refractivity contribution >= 4 is 11.8 Å². The van der Waals surface area contributed by atoms with Crippen molar-refractivity contribution in [1.29, 1.82) is 5.26 Å². The van der Waals surface area contributed by atoms with Crippen LogP contribution in [0.4, 0.5) is 8.78 Å². The molecule has 0 aliphatic heterocycles. The van der Waals surface area contributed by atoms with Gasteiger partial charge in [0.15, 0.2) is 11.6 Å². The molecule has 0 aromatic heterocycles. The van der Waals surface area contributed by atoms with Crippen molar-refractivity contribution in [2.45, 2.75) is 54.8 Å². The number of halogens is 2. The molecule has 1 fully saturated rings. The highest BCUT2D eigenvalue weighted by molar-refractivity contribution is 7.99. The van der Waals surface area contributed by atoms with Crippen molar-refractivity contribution in [3.05, 3.63) is 29.8 Å². The van der Waals surface area contributed by atoms with E-state index in [-0.39, 0.29) is 5.25 Å². The lowest BCUT2D eigenvalue weighted by molar-refractivity contribution is 0.414. The number of thioether (sulfide) groups is 1. The zero-order valence-corrected chi connectivity index (χ0v) is 12.4. The number of benzene rings is 1. The number of nitriles is 1. The number of hydrogen-bond acceptors (Lipinski definition) is 3. The molecular weight excluding hydrogens is 278 g/mol. The van der Waals surface area contributed by atoms with Crippen LogP contribution < -0.4 is 5.32 Å². The minimum Gasteiger partial charge on any atom is -0.297 e. The highest BCUT2D eigenvalue weighted by atomic mass is 32.2. The van der Waals surface area contributed by atoms with Crippen LogP contribution in [0.1, 0.15) is 33.1 Å². The van der Waals surface area contributed by atoms with Gasteiger partial charge in [0.05, 0.1) is 6.07 Å². The summed E-state index contributed by atoms with van der Waals surface area (Å²) in [7, 11) is 0. The van der Waals surface area contributed by atoms with Crippen LogP contribution in [0.2, 0.25) is 0 Å². The normalized spacial score (nSPS) is 19.1. The maximum atomic E-state index is 13.2. The monoisotopic (exact) mass is 296 g/mol. The van der Waals surface area contributed by atoms with E-state index in [0.29, 0.717) is 17.4 Å². The van der Waals surface area contributed by atoms with Gasteiger partial charge < -0.3 is 0 Å². The molecule has 0 bridgehead atoms. The Kier molecular flexibility index (Phi) is 4.66. The molecule has 1 aliphatic carbocycles. The molecule has 5 heteroatoms. The lowest BCUT2D eigenvalue weighted by Crippen LogP contribution is -2.44. The molecule has 1 aromatic rings. The summed E-state index contributed by atoms with van der Waals surface area (Å²) in [5.74, 6) is -1.67. The second-order valence-corrected chi connectivity index (χ2v) is 7.08. The van der Waals surface area contributed by atoms with Gasteiger partial charge in [0.2, 0.25) is 0 Å². The fourth-order valence-corrected chi connectivity index (χ4v) is 3.41. The third-order valence-electron chi connectivity index (χ3n) is 3.27. The van der Waals surface area contributed by atoms with Crippen LogP contribution in [0.25, 0.3) is 0 Å². The Bertz CT molecular complexity index is 525. The van der Waals surface area contributed by atoms with Crippen LogP contribution in [0.5, 0.6) is 0 Å². The van der Waals surface area contributed by atoms with Gasteiger partial charge in [-0.3, -0.25) is 5.32 Å². The molecule has 20 heavy (non-hydrogen) atoms. The predicted molar refractivity (Wildman–Crippen MR) is 76.5 cm³/mol. The fourth-order valence-electron chi connectivity index (χ4n) is 2.21. The van der Waals surface area contributed by atoms with E-state index in [1.807, 2.05) is 13.8 Å². The Labute approximate surface area is 122 Å². The summed E-state index contributed by atoms with van der Waals surface area (Å²) in [5, 5.41) is 12.8. The average Bonchev–Trinajstić information content (AvgIpc) is 3.17. The first-order valence-electron chi connectivity index (χ1n) is 6.72. The highest BCUT2D eigenvalue weighted by Gasteiger charge is 2.33. The molecule has 2 unspecified atom stereocenters. The molecule has 1 N–H and O–H groups in total. The van der Waals surface area contributed by atoms with E-state index in [1.165, 1.54) is 17.8 Å². The second kappa shape index (κ2) is 6.11. The van der Waals surface area contributed by atoms with Gasteiger partial charge in [-0.25, -0.2) is 8.78 Å². The van der Waals surface area contributed by atoms with Gasteiger partial charge in [0, 0.05) is 16.2 Å². The SMILES string of the molecule is CC(CC(C)(C#N)NC1CC1)Sc1ccc(F)c(F)c1. The van der Waals surface area contributed by atoms with Crippen molar-refractivity contribution in [3.8, 4) is 6.07 Å². The summed E-state index contributed by atoms with van der Waals surface area (Å²) in [5.41, 5.74) is -0.563. The standard InChI is InChI=1S/C15H18F2N2S/c1-10(8-15(2,9-18)19-11-3-4-11)20-12-5-6-13(16)14(17)7-12/h5-7,10-11,19H,3-4,8H2,1-2H3. The van der Waals surface area contributed by atoms with Crippen LogP contribution in [-0.4, -0.2) is 16.8 Å². The Morgan fingerprint density at radius 1 is 1.45 bits per heavy atom. The van der Waals surface area contributed by atoms with E-state index < -0.39 is 17.2 Å². The molecule has 0 spiro atoms. The molecule has 0 heterocycles. The van der Waals surface area contributed by atoms with Gasteiger partial charge in [-0.15, -0.1) is 11.8 Å². The number of nitrogens with zero attached hydrogens (tertiary/aromatic N) is 1. The summed E-state index contributed by atoms with van der Waals surface area (Å²) in [4.78, 5) is 0.683. The van der Waals surface area contributed by atoms with E-state index in [2.05, 4.69) is 11.4 Å². The molecular formula is C15H18F2N2S. The summed E-state index contributed by atoms with van der Waals surface area (Å²) in [6, 6.07) is 6.69. The number of hydrogen-bond donors (Lipinski definition) is 1. The van der Waals surface area contributed by atoms with Crippen molar-refractivity contribution in [2.24, 2.45) is 0 Å². The van der Waals surface area contributed by atoms with E-state index in [0.717, 1.165) is 18.9 Å². The van der Waals surface area contributed by atoms with E-state index in [4.69, 9.17) is 0 Å². The van der Waals surface area contributed by atoms with Crippen molar-refractivity contribution in [3.63, 3.8) is 0 Å². The molecule has 2 atom stereocenters. The Morgan fingerprint density at radius 3 is 2.70 bits per heavy atom. The Morgan fingerprint density at radius 2 is 2.15 bits per heavy atom. The quantitative estimate of drug-likeness (QED) is 0.809. The van der Waals surface area contributed by atoms with Crippen LogP contribution >= 0.6 is 11.8 Å². The van der Waals surface area contributed by atoms with Crippen molar-refractivity contribution in [2.75, 3.05) is 0 Å². The van der Waals surface area contributed by atoms with E-state index in [1.54, 1.807) is 6.07 Å². The van der Waals surface area contributed by atoms with Gasteiger partial charge in [0.1, 0.15) is 5.54 Å². The molecule has 2 rings (SSSR count). The van der Waals surface area contributed by atoms with Crippen molar-refractivity contribution < 1.29 is 8.78 Å². The predicted octanol–water partition coefficient (Wildman–Crippen LogP) is 3.87. The highest BCUT2D eigenvalue weighted by Crippen LogP contribution is 2.31. The van der Waals surface area contributed by atoms with E-state index >= 15 is 0 Å². The first-order valence-corrected chi connectivity index (χ1v) is 7.60. The molecule has 0 amide bonds. The summed E-state index contributed by atoms with van der Waals surface area (Å²) >= 11 is 1.46. The lowest BCUT2D eigenvalue weighted by atomic mass is 9.98. The summed E-state index contributed by atoms with van der Waals surface area (Å²) in [6.45, 7) is 3.89. The zero-order chi connectivity index (χ0) is 14.8. The first-order chi connectivity index (χ1) is 9.42. The van der Waals surface area contributed by atoms with Crippen LogP contribution in [0.15, 0.2) is 23.1 Å². The fraction of sp³-hybridized carbons (Fsp3) is 0.533. The molecule has 1 saturated carbocycles. The lowest BCUT2D eigenvalue weighted by Gasteiger charge is -2.26.